The van der Waals surface area contributed by atoms with Crippen molar-refractivity contribution in [2.75, 3.05) is 0 Å². The van der Waals surface area contributed by atoms with Gasteiger partial charge in [0.2, 0.25) is 5.72 Å². The van der Waals surface area contributed by atoms with Crippen LogP contribution in [0.5, 0.6) is 0 Å². The number of amides is 2. The van der Waals surface area contributed by atoms with Crippen LogP contribution in [0, 0.1) is 5.92 Å². The molecule has 1 aliphatic rings. The molecular formula is C14H14F4N2O3. The smallest absolute Gasteiger partial charge is 0.354 e. The Kier molecular flexibility index (Phi) is 4.34. The summed E-state index contributed by atoms with van der Waals surface area (Å²) in [5.74, 6) is -8.01. The summed E-state index contributed by atoms with van der Waals surface area (Å²) in [7, 11) is 0. The molecule has 0 aliphatic carbocycles. The number of hydrogen-bond acceptors (Lipinski definition) is 3. The Morgan fingerprint density at radius 3 is 2.35 bits per heavy atom. The molecule has 23 heavy (non-hydrogen) atoms. The number of aliphatic hydroxyl groups is 1. The molecule has 3 N–H and O–H groups in total. The minimum absolute atomic E-state index is 0.228. The van der Waals surface area contributed by atoms with Gasteiger partial charge < -0.3 is 15.7 Å². The Hall–Kier alpha value is -2.16. The molecule has 0 radical (unpaired) electrons. The zero-order chi connectivity index (χ0) is 17.4. The summed E-state index contributed by atoms with van der Waals surface area (Å²) >= 11 is 0. The van der Waals surface area contributed by atoms with Gasteiger partial charge in [0.05, 0.1) is 12.0 Å². The van der Waals surface area contributed by atoms with E-state index in [1.165, 1.54) is 29.6 Å². The lowest BCUT2D eigenvalue weighted by Gasteiger charge is -2.47. The molecule has 1 aromatic rings. The molecular weight excluding hydrogens is 320 g/mol. The zero-order valence-electron chi connectivity index (χ0n) is 11.9. The van der Waals surface area contributed by atoms with Gasteiger partial charge >= 0.3 is 18.4 Å². The first-order chi connectivity index (χ1) is 10.6. The molecule has 1 aromatic carbocycles. The highest BCUT2D eigenvalue weighted by Crippen LogP contribution is 2.44. The van der Waals surface area contributed by atoms with Crippen molar-refractivity contribution in [3.8, 4) is 0 Å². The van der Waals surface area contributed by atoms with Gasteiger partial charge in [-0.1, -0.05) is 30.3 Å². The van der Waals surface area contributed by atoms with Crippen LogP contribution in [0.25, 0.3) is 0 Å². The highest BCUT2D eigenvalue weighted by Gasteiger charge is 2.68. The summed E-state index contributed by atoms with van der Waals surface area (Å²) in [5.41, 5.74) is -3.48. The number of nitrogens with one attached hydrogen (secondary N) is 2. The van der Waals surface area contributed by atoms with E-state index < -0.39 is 41.8 Å². The number of benzene rings is 1. The molecule has 0 aromatic heterocycles. The van der Waals surface area contributed by atoms with Crippen LogP contribution in [0.15, 0.2) is 30.3 Å². The minimum Gasteiger partial charge on any atom is -0.365 e. The van der Waals surface area contributed by atoms with Crippen LogP contribution >= 0.6 is 0 Å². The van der Waals surface area contributed by atoms with Crippen LogP contribution in [0.4, 0.5) is 22.4 Å². The number of carbonyl (C=O) groups excluding carboxylic acids is 2. The van der Waals surface area contributed by atoms with Crippen LogP contribution in [-0.4, -0.2) is 35.0 Å². The summed E-state index contributed by atoms with van der Waals surface area (Å²) in [6.45, 7) is 0.881. The van der Waals surface area contributed by atoms with E-state index >= 15 is 0 Å². The summed E-state index contributed by atoms with van der Waals surface area (Å²) in [4.78, 5) is 23.5. The largest absolute Gasteiger partial charge is 0.365 e. The highest BCUT2D eigenvalue weighted by molar-refractivity contribution is 5.86. The third-order valence-corrected chi connectivity index (χ3v) is 3.75. The predicted octanol–water partition coefficient (Wildman–Crippen LogP) is 1.83. The number of halogens is 4. The lowest BCUT2D eigenvalue weighted by Crippen LogP contribution is -2.75. The number of ketones is 1. The second kappa shape index (κ2) is 5.80. The minimum atomic E-state index is -5.02. The van der Waals surface area contributed by atoms with E-state index in [2.05, 4.69) is 5.32 Å². The maximum absolute atomic E-state index is 13.9. The Bertz CT molecular complexity index is 611. The van der Waals surface area contributed by atoms with Crippen molar-refractivity contribution in [2.45, 2.75) is 31.0 Å². The van der Waals surface area contributed by atoms with Crippen LogP contribution in [0.3, 0.4) is 0 Å². The van der Waals surface area contributed by atoms with Crippen LogP contribution in [0.2, 0.25) is 0 Å². The number of rotatable bonds is 4. The fourth-order valence-electron chi connectivity index (χ4n) is 2.67. The predicted molar refractivity (Wildman–Crippen MR) is 70.9 cm³/mol. The van der Waals surface area contributed by atoms with Gasteiger partial charge in [-0.2, -0.15) is 8.78 Å². The number of Topliss-reactive ketones (excluding diaryl/α,β-unsaturated/α-hetero) is 1. The molecule has 1 saturated heterocycles. The number of alkyl halides is 4. The van der Waals surface area contributed by atoms with Gasteiger partial charge in [-0.25, -0.2) is 13.6 Å². The van der Waals surface area contributed by atoms with Crippen LogP contribution < -0.4 is 10.6 Å². The maximum atomic E-state index is 13.9. The standard InChI is InChI=1S/C14H14F4N2O3/c1-7(21)9-10(8-5-3-2-4-6-8)19-12(22)20-14(9,23)13(17,18)11(15)16/h2-6,9-11,23H,1H3,(H2,19,20,22)/t9-,10-,14+/m1/s1. The maximum Gasteiger partial charge on any atom is 0.354 e. The van der Waals surface area contributed by atoms with Crippen molar-refractivity contribution >= 4 is 11.8 Å². The van der Waals surface area contributed by atoms with Gasteiger partial charge in [0.25, 0.3) is 0 Å². The molecule has 0 bridgehead atoms. The highest BCUT2D eigenvalue weighted by atomic mass is 19.3. The molecule has 1 aliphatic heterocycles. The molecule has 0 spiro atoms. The average molecular weight is 334 g/mol. The summed E-state index contributed by atoms with van der Waals surface area (Å²) in [5, 5.41) is 13.8. The van der Waals surface area contributed by atoms with Gasteiger partial charge in [-0.15, -0.1) is 0 Å². The van der Waals surface area contributed by atoms with E-state index in [4.69, 9.17) is 0 Å². The van der Waals surface area contributed by atoms with Crippen LogP contribution in [0.1, 0.15) is 18.5 Å². The van der Waals surface area contributed by atoms with Crippen molar-refractivity contribution in [3.05, 3.63) is 35.9 Å². The zero-order valence-corrected chi connectivity index (χ0v) is 11.9. The Labute approximate surface area is 128 Å². The third kappa shape index (κ3) is 2.76. The van der Waals surface area contributed by atoms with Gasteiger partial charge in [-0.3, -0.25) is 4.79 Å². The van der Waals surface area contributed by atoms with Crippen molar-refractivity contribution < 1.29 is 32.3 Å². The average Bonchev–Trinajstić information content (AvgIpc) is 2.46. The summed E-state index contributed by atoms with van der Waals surface area (Å²) in [6, 6.07) is 4.84. The van der Waals surface area contributed by atoms with Crippen LogP contribution in [-0.2, 0) is 4.79 Å². The molecule has 1 heterocycles. The number of urea groups is 1. The first-order valence-corrected chi connectivity index (χ1v) is 6.63. The fraction of sp³-hybridized carbons (Fsp3) is 0.429. The normalized spacial score (nSPS) is 28.2. The quantitative estimate of drug-likeness (QED) is 0.735. The molecule has 0 unspecified atom stereocenters. The van der Waals surface area contributed by atoms with E-state index in [0.717, 1.165) is 6.92 Å². The van der Waals surface area contributed by atoms with E-state index in [1.807, 2.05) is 0 Å². The first kappa shape index (κ1) is 17.2. The van der Waals surface area contributed by atoms with E-state index in [0.29, 0.717) is 0 Å². The van der Waals surface area contributed by atoms with Gasteiger partial charge in [0, 0.05) is 0 Å². The van der Waals surface area contributed by atoms with Crippen molar-refractivity contribution in [3.63, 3.8) is 0 Å². The number of carbonyl (C=O) groups is 2. The topological polar surface area (TPSA) is 78.4 Å². The van der Waals surface area contributed by atoms with Crippen molar-refractivity contribution in [1.82, 2.24) is 10.6 Å². The van der Waals surface area contributed by atoms with Crippen molar-refractivity contribution in [2.24, 2.45) is 5.92 Å². The lowest BCUT2D eigenvalue weighted by molar-refractivity contribution is -0.272. The molecule has 3 atom stereocenters. The van der Waals surface area contributed by atoms with Gasteiger partial charge in [0.1, 0.15) is 5.78 Å². The monoisotopic (exact) mass is 334 g/mol. The lowest BCUT2D eigenvalue weighted by atomic mass is 9.77. The molecule has 126 valence electrons. The first-order valence-electron chi connectivity index (χ1n) is 6.63. The molecule has 9 heteroatoms. The molecule has 1 fully saturated rings. The van der Waals surface area contributed by atoms with E-state index in [9.17, 15) is 32.3 Å². The van der Waals surface area contributed by atoms with Gasteiger partial charge in [0.15, 0.2) is 0 Å². The Morgan fingerprint density at radius 2 is 1.87 bits per heavy atom. The molecule has 0 saturated carbocycles. The molecule has 2 rings (SSSR count). The van der Waals surface area contributed by atoms with E-state index in [1.54, 1.807) is 6.07 Å². The van der Waals surface area contributed by atoms with Gasteiger partial charge in [-0.05, 0) is 12.5 Å². The third-order valence-electron chi connectivity index (χ3n) is 3.75. The number of hydrogen-bond donors (Lipinski definition) is 3. The summed E-state index contributed by atoms with van der Waals surface area (Å²) in [6.07, 6.45) is -4.27. The second-order valence-corrected chi connectivity index (χ2v) is 5.27. The van der Waals surface area contributed by atoms with Crippen molar-refractivity contribution in [1.29, 1.82) is 0 Å². The Morgan fingerprint density at radius 1 is 1.30 bits per heavy atom. The molecule has 2 amide bonds. The fourth-order valence-corrected chi connectivity index (χ4v) is 2.67. The molecule has 5 nitrogen and oxygen atoms in total. The summed E-state index contributed by atoms with van der Waals surface area (Å²) < 4.78 is 53.3. The Balaban J connectivity index is 2.58. The second-order valence-electron chi connectivity index (χ2n) is 5.27. The van der Waals surface area contributed by atoms with E-state index in [-0.39, 0.29) is 5.56 Å². The SMILES string of the molecule is CC(=O)[C@@H]1[C@@H](c2ccccc2)NC(=O)N[C@@]1(O)C(F)(F)C(F)F.